The fourth-order valence-electron chi connectivity index (χ4n) is 7.32. The summed E-state index contributed by atoms with van der Waals surface area (Å²) < 4.78 is 0. The van der Waals surface area contributed by atoms with Gasteiger partial charge in [0.2, 0.25) is 5.91 Å². The van der Waals surface area contributed by atoms with Crippen molar-refractivity contribution in [3.63, 3.8) is 0 Å². The maximum atomic E-state index is 14.4. The molecule has 10 nitrogen and oxygen atoms in total. The van der Waals surface area contributed by atoms with Crippen molar-refractivity contribution in [1.82, 2.24) is 4.90 Å². The fraction of sp³-hybridized carbons (Fsp3) is 0.200. The third-order valence-electron chi connectivity index (χ3n) is 10.4. The lowest BCUT2D eigenvalue weighted by Gasteiger charge is -2.36. The summed E-state index contributed by atoms with van der Waals surface area (Å²) in [5.74, 6) is -2.07. The van der Waals surface area contributed by atoms with Gasteiger partial charge in [-0.2, -0.15) is 0 Å². The van der Waals surface area contributed by atoms with Crippen LogP contribution < -0.4 is 15.5 Å². The molecule has 5 aromatic carbocycles. The van der Waals surface area contributed by atoms with Crippen LogP contribution in [-0.4, -0.2) is 51.4 Å². The van der Waals surface area contributed by atoms with Gasteiger partial charge in [0, 0.05) is 46.9 Å². The lowest BCUT2D eigenvalue weighted by Crippen LogP contribution is -2.46. The molecule has 0 radical (unpaired) electrons. The van der Waals surface area contributed by atoms with Gasteiger partial charge in [0.15, 0.2) is 5.60 Å². The maximum absolute atomic E-state index is 14.4. The summed E-state index contributed by atoms with van der Waals surface area (Å²) in [7, 11) is 0. The first-order valence-corrected chi connectivity index (χ1v) is 18.3. The highest BCUT2D eigenvalue weighted by atomic mass is 16.3. The molecule has 278 valence electrons. The van der Waals surface area contributed by atoms with Gasteiger partial charge < -0.3 is 30.6 Å². The van der Waals surface area contributed by atoms with Crippen LogP contribution in [0.4, 0.5) is 17.1 Å². The van der Waals surface area contributed by atoms with Crippen LogP contribution >= 0.6 is 0 Å². The van der Waals surface area contributed by atoms with Crippen LogP contribution in [0.25, 0.3) is 0 Å². The van der Waals surface area contributed by atoms with E-state index in [2.05, 4.69) is 10.6 Å². The molecule has 4 amide bonds. The van der Waals surface area contributed by atoms with Crippen molar-refractivity contribution in [2.45, 2.75) is 44.5 Å². The van der Waals surface area contributed by atoms with Crippen molar-refractivity contribution >= 4 is 40.7 Å². The van der Waals surface area contributed by atoms with E-state index in [1.165, 1.54) is 4.90 Å². The molecule has 0 saturated carbocycles. The minimum Gasteiger partial charge on any atom is -0.394 e. The third-order valence-corrected chi connectivity index (χ3v) is 10.4. The van der Waals surface area contributed by atoms with E-state index in [-0.39, 0.29) is 43.3 Å². The number of hydrogen-bond donors (Lipinski definition) is 4. The Kier molecular flexibility index (Phi) is 10.7. The molecule has 3 atom stereocenters. The fourth-order valence-corrected chi connectivity index (χ4v) is 7.32. The van der Waals surface area contributed by atoms with E-state index in [9.17, 15) is 29.4 Å². The number of anilines is 3. The largest absolute Gasteiger partial charge is 0.394 e. The van der Waals surface area contributed by atoms with E-state index < -0.39 is 17.4 Å². The molecule has 0 fully saturated rings. The SMILES string of the molecule is C[C@@H](/C=C/CC(=O)N1Cc2ccccc2C[C@H]1CO)[C@]1(O)C(=O)N(Cc2ccc(NC(=O)c3ccccc3)cc2)c2ccc(NC(=O)c3ccccc3)cc21. The van der Waals surface area contributed by atoms with Crippen molar-refractivity contribution < 1.29 is 29.4 Å². The van der Waals surface area contributed by atoms with Crippen molar-refractivity contribution in [1.29, 1.82) is 0 Å². The summed E-state index contributed by atoms with van der Waals surface area (Å²) >= 11 is 0. The van der Waals surface area contributed by atoms with Gasteiger partial charge in [0.1, 0.15) is 0 Å². The number of fused-ring (bicyclic) bond motifs is 2. The Bertz CT molecular complexity index is 2240. The Balaban J connectivity index is 1.12. The normalized spacial score (nSPS) is 18.1. The molecule has 2 heterocycles. The Morgan fingerprint density at radius 2 is 1.38 bits per heavy atom. The molecule has 4 N–H and O–H groups in total. The molecular weight excluding hydrogens is 693 g/mol. The number of carbonyl (C=O) groups is 4. The molecule has 10 heteroatoms. The van der Waals surface area contributed by atoms with Crippen molar-refractivity contribution in [2.75, 3.05) is 22.1 Å². The topological polar surface area (TPSA) is 139 Å². The molecule has 2 aliphatic heterocycles. The average Bonchev–Trinajstić information content (AvgIpc) is 3.43. The van der Waals surface area contributed by atoms with Crippen molar-refractivity contribution in [3.8, 4) is 0 Å². The van der Waals surface area contributed by atoms with Crippen LogP contribution in [-0.2, 0) is 34.7 Å². The number of hydrogen-bond acceptors (Lipinski definition) is 6. The highest BCUT2D eigenvalue weighted by Crippen LogP contribution is 2.47. The van der Waals surface area contributed by atoms with Crippen LogP contribution in [0.5, 0.6) is 0 Å². The van der Waals surface area contributed by atoms with E-state index in [1.807, 2.05) is 48.5 Å². The number of nitrogens with zero attached hydrogens (tertiary/aromatic N) is 2. The van der Waals surface area contributed by atoms with Crippen LogP contribution in [0.1, 0.15) is 56.3 Å². The van der Waals surface area contributed by atoms with Gasteiger partial charge in [0.25, 0.3) is 17.7 Å². The second kappa shape index (κ2) is 15.9. The third kappa shape index (κ3) is 7.68. The summed E-state index contributed by atoms with van der Waals surface area (Å²) in [5, 5.41) is 28.3. The van der Waals surface area contributed by atoms with Crippen LogP contribution in [0, 0.1) is 5.92 Å². The van der Waals surface area contributed by atoms with Crippen LogP contribution in [0.2, 0.25) is 0 Å². The highest BCUT2D eigenvalue weighted by molar-refractivity contribution is 6.09. The molecular formula is C45H42N4O6. The number of rotatable bonds is 11. The molecule has 0 saturated heterocycles. The lowest BCUT2D eigenvalue weighted by atomic mass is 9.82. The minimum atomic E-state index is -2.02. The molecule has 0 aromatic heterocycles. The number of amides is 4. The zero-order valence-corrected chi connectivity index (χ0v) is 30.4. The number of aliphatic hydroxyl groups is 2. The Labute approximate surface area is 319 Å². The first-order chi connectivity index (χ1) is 26.6. The number of nitrogens with one attached hydrogen (secondary N) is 2. The number of benzene rings is 5. The van der Waals surface area contributed by atoms with Gasteiger partial charge >= 0.3 is 0 Å². The summed E-state index contributed by atoms with van der Waals surface area (Å²) in [4.78, 5) is 56.8. The van der Waals surface area contributed by atoms with E-state index in [0.717, 1.165) is 16.7 Å². The summed E-state index contributed by atoms with van der Waals surface area (Å²) in [6, 6.07) is 37.4. The predicted octanol–water partition coefficient (Wildman–Crippen LogP) is 6.45. The zero-order chi connectivity index (χ0) is 38.5. The van der Waals surface area contributed by atoms with Gasteiger partial charge in [-0.1, -0.05) is 91.9 Å². The molecule has 55 heavy (non-hydrogen) atoms. The first kappa shape index (κ1) is 37.0. The molecule has 0 aliphatic carbocycles. The second-order valence-corrected chi connectivity index (χ2v) is 14.0. The molecule has 5 aromatic rings. The molecule has 0 unspecified atom stereocenters. The van der Waals surface area contributed by atoms with Crippen molar-refractivity contribution in [3.05, 3.63) is 173 Å². The quantitative estimate of drug-likeness (QED) is 0.115. The first-order valence-electron chi connectivity index (χ1n) is 18.3. The van der Waals surface area contributed by atoms with Gasteiger partial charge in [-0.25, -0.2) is 0 Å². The van der Waals surface area contributed by atoms with Crippen molar-refractivity contribution in [2.24, 2.45) is 5.92 Å². The molecule has 2 aliphatic rings. The summed E-state index contributed by atoms with van der Waals surface area (Å²) in [6.45, 7) is 2.09. The van der Waals surface area contributed by atoms with E-state index in [0.29, 0.717) is 46.7 Å². The predicted molar refractivity (Wildman–Crippen MR) is 211 cm³/mol. The van der Waals surface area contributed by atoms with E-state index in [1.54, 1.807) is 103 Å². The monoisotopic (exact) mass is 734 g/mol. The van der Waals surface area contributed by atoms with E-state index >= 15 is 0 Å². The van der Waals surface area contributed by atoms with Crippen LogP contribution in [0.15, 0.2) is 140 Å². The minimum absolute atomic E-state index is 0.0180. The highest BCUT2D eigenvalue weighted by Gasteiger charge is 2.52. The smallest absolute Gasteiger partial charge is 0.264 e. The Hall–Kier alpha value is -6.36. The van der Waals surface area contributed by atoms with E-state index in [4.69, 9.17) is 0 Å². The molecule has 7 rings (SSSR count). The average molecular weight is 735 g/mol. The Morgan fingerprint density at radius 3 is 2.02 bits per heavy atom. The van der Waals surface area contributed by atoms with Gasteiger partial charge in [-0.15, -0.1) is 0 Å². The standard InChI is InChI=1S/C45H42N4O6/c1-30(11-10-18-41(51)48-28-35-17-9-8-16-34(35)25-38(48)29-50)45(55)39-26-37(47-43(53)33-14-6-3-7-15-33)23-24-40(39)49(44(45)54)27-31-19-21-36(22-20-31)46-42(52)32-12-4-2-5-13-32/h2-17,19-24,26,30,38,50,55H,18,25,27-29H2,1H3,(H,46,52)(H,47,53)/b11-10+/t30-,38-,45+/m0/s1. The lowest BCUT2D eigenvalue weighted by molar-refractivity contribution is -0.139. The van der Waals surface area contributed by atoms with Gasteiger partial charge in [-0.05, 0) is 77.7 Å². The summed E-state index contributed by atoms with van der Waals surface area (Å²) in [6.07, 6.45) is 3.92. The Morgan fingerprint density at radius 1 is 0.800 bits per heavy atom. The molecule has 0 bridgehead atoms. The molecule has 0 spiro atoms. The number of aliphatic hydroxyl groups excluding tert-OH is 1. The maximum Gasteiger partial charge on any atom is 0.264 e. The number of carbonyl (C=O) groups excluding carboxylic acids is 4. The van der Waals surface area contributed by atoms with Gasteiger partial charge in [0.05, 0.1) is 24.9 Å². The second-order valence-electron chi connectivity index (χ2n) is 14.0. The van der Waals surface area contributed by atoms with Crippen LogP contribution in [0.3, 0.4) is 0 Å². The van der Waals surface area contributed by atoms with Gasteiger partial charge in [-0.3, -0.25) is 19.2 Å². The summed E-state index contributed by atoms with van der Waals surface area (Å²) in [5.41, 5.74) is 3.70. The zero-order valence-electron chi connectivity index (χ0n) is 30.4.